The zero-order chi connectivity index (χ0) is 6.41. The second-order valence-electron chi connectivity index (χ2n) is 1.45. The predicted octanol–water partition coefficient (Wildman–Crippen LogP) is -0.644. The molecule has 0 unspecified atom stereocenters. The molecule has 0 aromatic heterocycles. The van der Waals surface area contributed by atoms with E-state index in [9.17, 15) is 0 Å². The van der Waals surface area contributed by atoms with Crippen LogP contribution in [-0.2, 0) is 12.6 Å². The van der Waals surface area contributed by atoms with Crippen molar-refractivity contribution in [2.45, 2.75) is 19.8 Å². The molecule has 48 valence electrons. The first-order valence-electron chi connectivity index (χ1n) is 2.61. The van der Waals surface area contributed by atoms with E-state index in [2.05, 4.69) is 31.8 Å². The Hall–Kier alpha value is 1.66. The second kappa shape index (κ2) is 9.66. The van der Waals surface area contributed by atoms with Crippen LogP contribution < -0.4 is 29.6 Å². The maximum absolute atomic E-state index is 4.69. The summed E-state index contributed by atoms with van der Waals surface area (Å²) in [5, 5.41) is 0. The van der Waals surface area contributed by atoms with Crippen molar-refractivity contribution in [1.82, 2.24) is 0 Å². The maximum Gasteiger partial charge on any atom is 1.00 e. The van der Waals surface area contributed by atoms with Crippen molar-refractivity contribution in [3.05, 3.63) is 0 Å². The van der Waals surface area contributed by atoms with Crippen LogP contribution in [0.3, 0.4) is 0 Å². The molecule has 4 heteroatoms. The van der Waals surface area contributed by atoms with Gasteiger partial charge in [0.15, 0.2) is 0 Å². The Morgan fingerprint density at radius 3 is 2.56 bits per heavy atom. The van der Waals surface area contributed by atoms with Crippen molar-refractivity contribution < 1.29 is 29.6 Å². The van der Waals surface area contributed by atoms with Crippen molar-refractivity contribution in [2.75, 3.05) is 5.75 Å². The molecule has 0 nitrogen and oxygen atoms in total. The summed E-state index contributed by atoms with van der Waals surface area (Å²) >= 11 is 11.0. The van der Waals surface area contributed by atoms with Crippen LogP contribution >= 0.6 is 24.0 Å². The molecular weight excluding hydrogens is 179 g/mol. The Balaban J connectivity index is 0. The Morgan fingerprint density at radius 2 is 2.22 bits per heavy atom. The first-order chi connectivity index (χ1) is 3.77. The van der Waals surface area contributed by atoms with Gasteiger partial charge in [0.05, 0.1) is 0 Å². The molecule has 0 bridgehead atoms. The van der Waals surface area contributed by atoms with Gasteiger partial charge in [-0.3, -0.25) is 0 Å². The topological polar surface area (TPSA) is 0 Å². The van der Waals surface area contributed by atoms with Crippen LogP contribution in [0.25, 0.3) is 0 Å². The van der Waals surface area contributed by atoms with Gasteiger partial charge in [-0.1, -0.05) is 16.9 Å². The van der Waals surface area contributed by atoms with E-state index in [0.717, 1.165) is 5.75 Å². The molecule has 0 radical (unpaired) electrons. The molecule has 0 aliphatic carbocycles. The number of thiocarbonyl (C=S) groups is 1. The quantitative estimate of drug-likeness (QED) is 0.250. The molecule has 0 saturated carbocycles. The van der Waals surface area contributed by atoms with Crippen molar-refractivity contribution in [2.24, 2.45) is 0 Å². The summed E-state index contributed by atoms with van der Waals surface area (Å²) in [5.74, 6) is 1.10. The summed E-state index contributed by atoms with van der Waals surface area (Å²) in [6, 6.07) is 0. The molecule has 0 aliphatic rings. The van der Waals surface area contributed by atoms with Gasteiger partial charge in [-0.2, -0.15) is 0 Å². The molecule has 0 aromatic carbocycles. The van der Waals surface area contributed by atoms with Crippen LogP contribution in [0.15, 0.2) is 0 Å². The molecule has 0 rings (SSSR count). The van der Waals surface area contributed by atoms with E-state index in [1.807, 2.05) is 0 Å². The molecule has 0 aliphatic heterocycles. The fourth-order valence-electron chi connectivity index (χ4n) is 0.300. The van der Waals surface area contributed by atoms with E-state index in [4.69, 9.17) is 0 Å². The third-order valence-electron chi connectivity index (χ3n) is 0.718. The predicted molar refractivity (Wildman–Crippen MR) is 47.3 cm³/mol. The molecule has 9 heavy (non-hydrogen) atoms. The average Bonchev–Trinajstić information content (AvgIpc) is 1.66. The summed E-state index contributed by atoms with van der Waals surface area (Å²) in [6.07, 6.45) is 2.45. The van der Waals surface area contributed by atoms with Gasteiger partial charge < -0.3 is 24.8 Å². The zero-order valence-corrected chi connectivity index (χ0v) is 10.3. The van der Waals surface area contributed by atoms with Crippen LogP contribution in [0.1, 0.15) is 19.8 Å². The molecule has 0 amide bonds. The third kappa shape index (κ3) is 12.8. The fourth-order valence-corrected chi connectivity index (χ4v) is 1.40. The third-order valence-corrected chi connectivity index (χ3v) is 2.15. The Morgan fingerprint density at radius 1 is 1.67 bits per heavy atom. The van der Waals surface area contributed by atoms with Gasteiger partial charge in [0, 0.05) is 0 Å². The normalized spacial score (nSPS) is 8.11. The Kier molecular flexibility index (Phi) is 14.2. The van der Waals surface area contributed by atoms with E-state index >= 15 is 0 Å². The number of unbranched alkanes of at least 4 members (excludes halogenated alkanes) is 1. The summed E-state index contributed by atoms with van der Waals surface area (Å²) in [4.78, 5) is 0. The number of thioether (sulfide) groups is 1. The average molecular weight is 188 g/mol. The minimum Gasteiger partial charge on any atom is -0.422 e. The van der Waals surface area contributed by atoms with Crippen LogP contribution in [0.5, 0.6) is 0 Å². The van der Waals surface area contributed by atoms with Crippen molar-refractivity contribution >= 4 is 40.1 Å². The zero-order valence-electron chi connectivity index (χ0n) is 5.85. The van der Waals surface area contributed by atoms with E-state index in [1.165, 1.54) is 12.8 Å². The monoisotopic (exact) mass is 188 g/mol. The standard InChI is InChI=1S/C5H10S3.Na/c1-2-3-4-8-5(6)7;/h2-4H2,1H3,(H,6,7);/q;+1/p-1. The van der Waals surface area contributed by atoms with Crippen LogP contribution in [0.4, 0.5) is 0 Å². The second-order valence-corrected chi connectivity index (χ2v) is 4.15. The van der Waals surface area contributed by atoms with E-state index < -0.39 is 0 Å². The first kappa shape index (κ1) is 13.3. The summed E-state index contributed by atoms with van der Waals surface area (Å²) in [7, 11) is 0. The van der Waals surface area contributed by atoms with Crippen molar-refractivity contribution in [3.8, 4) is 0 Å². The van der Waals surface area contributed by atoms with Gasteiger partial charge >= 0.3 is 29.6 Å². The molecule has 0 spiro atoms. The molecule has 0 aromatic rings. The van der Waals surface area contributed by atoms with Gasteiger partial charge in [-0.05, 0) is 12.2 Å². The Labute approximate surface area is 94.2 Å². The minimum absolute atomic E-state index is 0. The largest absolute Gasteiger partial charge is 1.00 e. The molecule has 0 fully saturated rings. The van der Waals surface area contributed by atoms with E-state index in [-0.39, 0.29) is 29.6 Å². The van der Waals surface area contributed by atoms with Crippen LogP contribution in [-0.4, -0.2) is 9.28 Å². The number of rotatable bonds is 3. The van der Waals surface area contributed by atoms with Crippen molar-refractivity contribution in [1.29, 1.82) is 0 Å². The molecule has 0 saturated heterocycles. The van der Waals surface area contributed by atoms with Gasteiger partial charge in [-0.15, -0.1) is 11.8 Å². The summed E-state index contributed by atoms with van der Waals surface area (Å²) < 4.78 is 0.651. The molecular formula is C5H9NaS3. The summed E-state index contributed by atoms with van der Waals surface area (Å²) in [6.45, 7) is 2.16. The SMILES string of the molecule is CCCCSC(=S)[S-].[Na+]. The van der Waals surface area contributed by atoms with Crippen molar-refractivity contribution in [3.63, 3.8) is 0 Å². The first-order valence-corrected chi connectivity index (χ1v) is 4.41. The Bertz CT molecular complexity index is 74.6. The fraction of sp³-hybridized carbons (Fsp3) is 0.800. The number of hydrogen-bond acceptors (Lipinski definition) is 3. The minimum atomic E-state index is 0. The smallest absolute Gasteiger partial charge is 0.422 e. The molecule has 0 heterocycles. The molecule has 0 N–H and O–H groups in total. The van der Waals surface area contributed by atoms with Gasteiger partial charge in [0.25, 0.3) is 0 Å². The number of hydrogen-bond donors (Lipinski definition) is 0. The van der Waals surface area contributed by atoms with E-state index in [1.54, 1.807) is 11.8 Å². The van der Waals surface area contributed by atoms with Gasteiger partial charge in [0.2, 0.25) is 0 Å². The van der Waals surface area contributed by atoms with E-state index in [0.29, 0.717) is 3.53 Å². The van der Waals surface area contributed by atoms with Crippen LogP contribution in [0, 0.1) is 0 Å². The maximum atomic E-state index is 4.69. The van der Waals surface area contributed by atoms with Crippen LogP contribution in [0.2, 0.25) is 0 Å². The van der Waals surface area contributed by atoms with Gasteiger partial charge in [0.1, 0.15) is 0 Å². The summed E-state index contributed by atoms with van der Waals surface area (Å²) in [5.41, 5.74) is 0. The molecule has 0 atom stereocenters. The van der Waals surface area contributed by atoms with Gasteiger partial charge in [-0.25, -0.2) is 0 Å².